The zero-order chi connectivity index (χ0) is 21.1. The summed E-state index contributed by atoms with van der Waals surface area (Å²) >= 11 is 6.41. The third-order valence-electron chi connectivity index (χ3n) is 6.47. The number of amides is 1. The van der Waals surface area contributed by atoms with Gasteiger partial charge in [-0.2, -0.15) is 0 Å². The fourth-order valence-corrected chi connectivity index (χ4v) is 4.95. The topological polar surface area (TPSA) is 41.6 Å². The highest BCUT2D eigenvalue weighted by molar-refractivity contribution is 6.31. The molecular formula is C24H28ClFN2O2. The van der Waals surface area contributed by atoms with E-state index >= 15 is 0 Å². The SMILES string of the molecule is CC1CN(C(CNC(=O)C2(c3ccccc3)CCC2)c2c(F)cccc2Cl)CCO1. The predicted octanol–water partition coefficient (Wildman–Crippen LogP) is 4.48. The Kier molecular flexibility index (Phi) is 6.42. The molecule has 0 radical (unpaired) electrons. The first-order chi connectivity index (χ1) is 14.5. The summed E-state index contributed by atoms with van der Waals surface area (Å²) in [5.74, 6) is -0.332. The molecule has 2 fully saturated rings. The lowest BCUT2D eigenvalue weighted by Gasteiger charge is -2.42. The molecule has 1 aliphatic carbocycles. The van der Waals surface area contributed by atoms with Gasteiger partial charge in [0.2, 0.25) is 5.91 Å². The van der Waals surface area contributed by atoms with Crippen molar-refractivity contribution in [1.82, 2.24) is 10.2 Å². The molecule has 2 unspecified atom stereocenters. The average molecular weight is 431 g/mol. The molecule has 2 aromatic carbocycles. The van der Waals surface area contributed by atoms with Crippen molar-refractivity contribution >= 4 is 17.5 Å². The maximum absolute atomic E-state index is 14.8. The predicted molar refractivity (Wildman–Crippen MR) is 116 cm³/mol. The van der Waals surface area contributed by atoms with Gasteiger partial charge in [-0.1, -0.05) is 54.4 Å². The molecule has 4 nitrogen and oxygen atoms in total. The Morgan fingerprint density at radius 2 is 2.03 bits per heavy atom. The van der Waals surface area contributed by atoms with E-state index in [9.17, 15) is 9.18 Å². The van der Waals surface area contributed by atoms with E-state index in [-0.39, 0.29) is 23.9 Å². The normalized spacial score (nSPS) is 22.2. The molecule has 6 heteroatoms. The van der Waals surface area contributed by atoms with E-state index < -0.39 is 5.41 Å². The van der Waals surface area contributed by atoms with E-state index in [0.29, 0.717) is 36.8 Å². The quantitative estimate of drug-likeness (QED) is 0.734. The van der Waals surface area contributed by atoms with Crippen LogP contribution in [0.25, 0.3) is 0 Å². The van der Waals surface area contributed by atoms with E-state index in [1.165, 1.54) is 6.07 Å². The van der Waals surface area contributed by atoms with Gasteiger partial charge in [-0.25, -0.2) is 4.39 Å². The van der Waals surface area contributed by atoms with Gasteiger partial charge < -0.3 is 10.1 Å². The molecule has 1 N–H and O–H groups in total. The number of carbonyl (C=O) groups is 1. The van der Waals surface area contributed by atoms with Crippen LogP contribution >= 0.6 is 11.6 Å². The van der Waals surface area contributed by atoms with Gasteiger partial charge in [0.15, 0.2) is 0 Å². The maximum Gasteiger partial charge on any atom is 0.230 e. The number of hydrogen-bond donors (Lipinski definition) is 1. The van der Waals surface area contributed by atoms with E-state index in [2.05, 4.69) is 10.2 Å². The van der Waals surface area contributed by atoms with Crippen LogP contribution in [0, 0.1) is 5.82 Å². The maximum atomic E-state index is 14.8. The summed E-state index contributed by atoms with van der Waals surface area (Å²) in [5, 5.41) is 3.53. The van der Waals surface area contributed by atoms with Crippen LogP contribution in [-0.2, 0) is 14.9 Å². The highest BCUT2D eigenvalue weighted by atomic mass is 35.5. The summed E-state index contributed by atoms with van der Waals surface area (Å²) in [7, 11) is 0. The Bertz CT molecular complexity index is 868. The Labute approximate surface area is 182 Å². The van der Waals surface area contributed by atoms with E-state index in [4.69, 9.17) is 16.3 Å². The van der Waals surface area contributed by atoms with Crippen molar-refractivity contribution in [3.05, 3.63) is 70.5 Å². The minimum atomic E-state index is -0.483. The molecule has 1 saturated heterocycles. The average Bonchev–Trinajstić information content (AvgIpc) is 2.70. The van der Waals surface area contributed by atoms with Gasteiger partial charge in [-0.3, -0.25) is 9.69 Å². The van der Waals surface area contributed by atoms with Crippen LogP contribution < -0.4 is 5.32 Å². The summed E-state index contributed by atoms with van der Waals surface area (Å²) in [4.78, 5) is 15.5. The van der Waals surface area contributed by atoms with Gasteiger partial charge in [-0.15, -0.1) is 0 Å². The van der Waals surface area contributed by atoms with Crippen molar-refractivity contribution in [2.75, 3.05) is 26.2 Å². The Morgan fingerprint density at radius 3 is 2.67 bits per heavy atom. The van der Waals surface area contributed by atoms with Crippen molar-refractivity contribution in [2.24, 2.45) is 0 Å². The lowest BCUT2D eigenvalue weighted by Crippen LogP contribution is -2.52. The van der Waals surface area contributed by atoms with Crippen LogP contribution in [0.3, 0.4) is 0 Å². The van der Waals surface area contributed by atoms with Gasteiger partial charge in [0.25, 0.3) is 0 Å². The molecule has 160 valence electrons. The number of rotatable bonds is 6. The molecule has 4 rings (SSSR count). The number of hydrogen-bond acceptors (Lipinski definition) is 3. The number of morpholine rings is 1. The largest absolute Gasteiger partial charge is 0.376 e. The van der Waals surface area contributed by atoms with Gasteiger partial charge >= 0.3 is 0 Å². The van der Waals surface area contributed by atoms with Crippen LogP contribution in [0.1, 0.15) is 43.4 Å². The fourth-order valence-electron chi connectivity index (χ4n) is 4.66. The Balaban J connectivity index is 1.57. The van der Waals surface area contributed by atoms with Gasteiger partial charge in [-0.05, 0) is 37.5 Å². The highest BCUT2D eigenvalue weighted by Crippen LogP contribution is 2.44. The van der Waals surface area contributed by atoms with Gasteiger partial charge in [0.1, 0.15) is 5.82 Å². The lowest BCUT2D eigenvalue weighted by atomic mass is 9.64. The Hall–Kier alpha value is -1.95. The zero-order valence-electron chi connectivity index (χ0n) is 17.2. The van der Waals surface area contributed by atoms with Crippen LogP contribution in [0.15, 0.2) is 48.5 Å². The van der Waals surface area contributed by atoms with Crippen LogP contribution in [0.5, 0.6) is 0 Å². The summed E-state index contributed by atoms with van der Waals surface area (Å²) < 4.78 is 20.5. The first kappa shape index (κ1) is 21.3. The summed E-state index contributed by atoms with van der Waals surface area (Å²) in [5.41, 5.74) is 1.01. The van der Waals surface area contributed by atoms with Crippen molar-refractivity contribution in [3.8, 4) is 0 Å². The molecule has 1 heterocycles. The number of benzene rings is 2. The van der Waals surface area contributed by atoms with Crippen LogP contribution in [0.2, 0.25) is 5.02 Å². The van der Waals surface area contributed by atoms with Crippen molar-refractivity contribution in [3.63, 3.8) is 0 Å². The molecule has 2 aromatic rings. The Morgan fingerprint density at radius 1 is 1.27 bits per heavy atom. The van der Waals surface area contributed by atoms with E-state index in [0.717, 1.165) is 24.8 Å². The lowest BCUT2D eigenvalue weighted by molar-refractivity contribution is -0.130. The minimum Gasteiger partial charge on any atom is -0.376 e. The first-order valence-corrected chi connectivity index (χ1v) is 11.0. The molecular weight excluding hydrogens is 403 g/mol. The number of halogens is 2. The molecule has 1 amide bonds. The fraction of sp³-hybridized carbons (Fsp3) is 0.458. The zero-order valence-corrected chi connectivity index (χ0v) is 18.0. The van der Waals surface area contributed by atoms with Gasteiger partial charge in [0.05, 0.1) is 24.2 Å². The molecule has 0 spiro atoms. The molecule has 2 aliphatic rings. The number of ether oxygens (including phenoxy) is 1. The van der Waals surface area contributed by atoms with Gasteiger partial charge in [0, 0.05) is 30.2 Å². The second-order valence-electron chi connectivity index (χ2n) is 8.34. The number of nitrogens with zero attached hydrogens (tertiary/aromatic N) is 1. The summed E-state index contributed by atoms with van der Waals surface area (Å²) in [6.45, 7) is 4.21. The third-order valence-corrected chi connectivity index (χ3v) is 6.80. The second-order valence-corrected chi connectivity index (χ2v) is 8.75. The van der Waals surface area contributed by atoms with Crippen molar-refractivity contribution in [1.29, 1.82) is 0 Å². The standard InChI is InChI=1S/C24H28ClFN2O2/c1-17-16-28(13-14-30-17)21(22-19(25)9-5-10-20(22)26)15-27-23(29)24(11-6-12-24)18-7-3-2-4-8-18/h2-5,7-10,17,21H,6,11-16H2,1H3,(H,27,29). The smallest absolute Gasteiger partial charge is 0.230 e. The summed E-state index contributed by atoms with van der Waals surface area (Å²) in [6, 6.07) is 14.3. The monoisotopic (exact) mass is 430 g/mol. The molecule has 30 heavy (non-hydrogen) atoms. The summed E-state index contributed by atoms with van der Waals surface area (Å²) in [6.07, 6.45) is 2.75. The van der Waals surface area contributed by atoms with E-state index in [1.54, 1.807) is 12.1 Å². The minimum absolute atomic E-state index is 0.0127. The second kappa shape index (κ2) is 9.04. The molecule has 1 saturated carbocycles. The number of nitrogens with one attached hydrogen (secondary N) is 1. The molecule has 0 aromatic heterocycles. The third kappa shape index (κ3) is 4.11. The van der Waals surface area contributed by atoms with Crippen molar-refractivity contribution < 1.29 is 13.9 Å². The molecule has 0 bridgehead atoms. The molecule has 2 atom stereocenters. The first-order valence-electron chi connectivity index (χ1n) is 10.6. The molecule has 1 aliphatic heterocycles. The van der Waals surface area contributed by atoms with Crippen LogP contribution in [0.4, 0.5) is 4.39 Å². The van der Waals surface area contributed by atoms with Crippen molar-refractivity contribution in [2.45, 2.75) is 43.7 Å². The highest BCUT2D eigenvalue weighted by Gasteiger charge is 2.45. The van der Waals surface area contributed by atoms with Crippen LogP contribution in [-0.4, -0.2) is 43.2 Å². The van der Waals surface area contributed by atoms with E-state index in [1.807, 2.05) is 37.3 Å². The number of carbonyl (C=O) groups excluding carboxylic acids is 1.